The Morgan fingerprint density at radius 3 is 2.41 bits per heavy atom. The molecular weight excluding hydrogens is 362 g/mol. The summed E-state index contributed by atoms with van der Waals surface area (Å²) in [4.78, 5) is 20.0. The average molecular weight is 392 g/mol. The number of benzene rings is 2. The Kier molecular flexibility index (Phi) is 6.83. The number of fused-ring (bicyclic) bond motifs is 1. The van der Waals surface area contributed by atoms with Crippen molar-refractivity contribution in [1.82, 2.24) is 9.88 Å². The molecule has 3 rings (SSSR count). The van der Waals surface area contributed by atoms with Crippen LogP contribution in [0.4, 0.5) is 5.69 Å². The van der Waals surface area contributed by atoms with Crippen LogP contribution in [0.25, 0.3) is 10.9 Å². The summed E-state index contributed by atoms with van der Waals surface area (Å²) in [7, 11) is 0. The summed E-state index contributed by atoms with van der Waals surface area (Å²) in [5.41, 5.74) is 4.23. The zero-order chi connectivity index (χ0) is 20.8. The van der Waals surface area contributed by atoms with E-state index in [9.17, 15) is 4.79 Å². The van der Waals surface area contributed by atoms with Crippen molar-refractivity contribution < 1.29 is 9.53 Å². The third-order valence-corrected chi connectivity index (χ3v) is 5.21. The van der Waals surface area contributed by atoms with Gasteiger partial charge in [0, 0.05) is 23.7 Å². The second-order valence-corrected chi connectivity index (χ2v) is 7.12. The molecule has 0 saturated carbocycles. The molecule has 1 N–H and O–H groups in total. The van der Waals surface area contributed by atoms with Crippen molar-refractivity contribution in [3.8, 4) is 5.88 Å². The summed E-state index contributed by atoms with van der Waals surface area (Å²) in [5.74, 6) is 0.317. The summed E-state index contributed by atoms with van der Waals surface area (Å²) in [6.45, 7) is 11.6. The van der Waals surface area contributed by atoms with Gasteiger partial charge in [-0.25, -0.2) is 4.98 Å². The molecule has 0 unspecified atom stereocenters. The molecule has 0 aliphatic carbocycles. The van der Waals surface area contributed by atoms with Crippen LogP contribution >= 0.6 is 0 Å². The molecule has 1 amide bonds. The van der Waals surface area contributed by atoms with E-state index >= 15 is 0 Å². The summed E-state index contributed by atoms with van der Waals surface area (Å²) < 4.78 is 5.90. The molecule has 0 aliphatic heterocycles. The first kappa shape index (κ1) is 20.8. The van der Waals surface area contributed by atoms with Gasteiger partial charge in [-0.1, -0.05) is 50.2 Å². The Labute approximate surface area is 172 Å². The number of carbonyl (C=O) groups is 1. The average Bonchev–Trinajstić information content (AvgIpc) is 2.73. The van der Waals surface area contributed by atoms with Crippen molar-refractivity contribution >= 4 is 22.5 Å². The fraction of sp³-hybridized carbons (Fsp3) is 0.333. The molecule has 0 saturated heterocycles. The van der Waals surface area contributed by atoms with Crippen LogP contribution < -0.4 is 10.1 Å². The van der Waals surface area contributed by atoms with Crippen molar-refractivity contribution in [2.45, 2.75) is 27.7 Å². The number of aryl methyl sites for hydroxylation is 2. The van der Waals surface area contributed by atoms with E-state index in [0.717, 1.165) is 47.4 Å². The molecule has 0 bridgehead atoms. The number of pyridine rings is 1. The zero-order valence-corrected chi connectivity index (χ0v) is 17.7. The van der Waals surface area contributed by atoms with E-state index in [4.69, 9.17) is 4.74 Å². The van der Waals surface area contributed by atoms with E-state index in [1.165, 1.54) is 0 Å². The van der Waals surface area contributed by atoms with Crippen LogP contribution in [-0.2, 0) is 0 Å². The third kappa shape index (κ3) is 4.93. The first-order chi connectivity index (χ1) is 14.0. The zero-order valence-electron chi connectivity index (χ0n) is 17.7. The number of carbonyl (C=O) groups excluding carboxylic acids is 1. The molecule has 0 aliphatic rings. The predicted molar refractivity (Wildman–Crippen MR) is 119 cm³/mol. The van der Waals surface area contributed by atoms with E-state index in [0.29, 0.717) is 18.1 Å². The fourth-order valence-electron chi connectivity index (χ4n) is 3.42. The van der Waals surface area contributed by atoms with E-state index in [1.807, 2.05) is 56.3 Å². The molecule has 0 radical (unpaired) electrons. The summed E-state index contributed by atoms with van der Waals surface area (Å²) >= 11 is 0. The second-order valence-electron chi connectivity index (χ2n) is 7.12. The maximum absolute atomic E-state index is 13.2. The minimum absolute atomic E-state index is 0.158. The van der Waals surface area contributed by atoms with Crippen molar-refractivity contribution in [1.29, 1.82) is 0 Å². The largest absolute Gasteiger partial charge is 0.476 e. The number of ether oxygens (including phenoxy) is 1. The summed E-state index contributed by atoms with van der Waals surface area (Å²) in [6.07, 6.45) is 0. The number of anilines is 1. The number of para-hydroxylation sites is 2. The first-order valence-corrected chi connectivity index (χ1v) is 10.2. The normalized spacial score (nSPS) is 11.1. The lowest BCUT2D eigenvalue weighted by molar-refractivity contribution is 0.102. The standard InChI is InChI=1S/C24H29N3O2/c1-5-27(6-2)14-15-29-22-16-20(19-12-7-8-13-21(19)25-22)24(28)26-23-17(3)10-9-11-18(23)4/h7-13,16H,5-6,14-15H2,1-4H3,(H,26,28). The maximum Gasteiger partial charge on any atom is 0.256 e. The van der Waals surface area contributed by atoms with E-state index < -0.39 is 0 Å². The van der Waals surface area contributed by atoms with Gasteiger partial charge in [0.05, 0.1) is 11.1 Å². The van der Waals surface area contributed by atoms with Crippen LogP contribution in [0.5, 0.6) is 5.88 Å². The monoisotopic (exact) mass is 391 g/mol. The Morgan fingerprint density at radius 1 is 1.03 bits per heavy atom. The molecular formula is C24H29N3O2. The van der Waals surface area contributed by atoms with Gasteiger partial charge in [-0.2, -0.15) is 0 Å². The highest BCUT2D eigenvalue weighted by molar-refractivity contribution is 6.13. The molecule has 3 aromatic rings. The molecule has 0 fully saturated rings. The third-order valence-electron chi connectivity index (χ3n) is 5.21. The maximum atomic E-state index is 13.2. The molecule has 1 aromatic heterocycles. The minimum Gasteiger partial charge on any atom is -0.476 e. The number of likely N-dealkylation sites (N-methyl/N-ethyl adjacent to an activating group) is 1. The van der Waals surface area contributed by atoms with Gasteiger partial charge in [-0.05, 0) is 44.1 Å². The highest BCUT2D eigenvalue weighted by Gasteiger charge is 2.16. The quantitative estimate of drug-likeness (QED) is 0.598. The first-order valence-electron chi connectivity index (χ1n) is 10.2. The van der Waals surface area contributed by atoms with E-state index in [2.05, 4.69) is 29.0 Å². The minimum atomic E-state index is -0.158. The van der Waals surface area contributed by atoms with Crippen LogP contribution in [-0.4, -0.2) is 42.0 Å². The molecule has 152 valence electrons. The molecule has 1 heterocycles. The number of hydrogen-bond acceptors (Lipinski definition) is 4. The van der Waals surface area contributed by atoms with Crippen LogP contribution in [0.3, 0.4) is 0 Å². The van der Waals surface area contributed by atoms with Crippen molar-refractivity contribution in [3.05, 3.63) is 65.2 Å². The number of aromatic nitrogens is 1. The van der Waals surface area contributed by atoms with Crippen molar-refractivity contribution in [3.63, 3.8) is 0 Å². The number of nitrogens with zero attached hydrogens (tertiary/aromatic N) is 2. The van der Waals surface area contributed by atoms with Gasteiger partial charge in [0.15, 0.2) is 0 Å². The SMILES string of the molecule is CCN(CC)CCOc1cc(C(=O)Nc2c(C)cccc2C)c2ccccc2n1. The van der Waals surface area contributed by atoms with Crippen molar-refractivity contribution in [2.24, 2.45) is 0 Å². The van der Waals surface area contributed by atoms with Crippen LogP contribution in [0.1, 0.15) is 35.3 Å². The topological polar surface area (TPSA) is 54.5 Å². The molecule has 29 heavy (non-hydrogen) atoms. The second kappa shape index (κ2) is 9.52. The number of hydrogen-bond donors (Lipinski definition) is 1. The molecule has 0 atom stereocenters. The number of nitrogens with one attached hydrogen (secondary N) is 1. The smallest absolute Gasteiger partial charge is 0.256 e. The van der Waals surface area contributed by atoms with Gasteiger partial charge < -0.3 is 15.0 Å². The lowest BCUT2D eigenvalue weighted by atomic mass is 10.1. The Bertz CT molecular complexity index is 976. The van der Waals surface area contributed by atoms with Gasteiger partial charge in [0.2, 0.25) is 5.88 Å². The van der Waals surface area contributed by atoms with Gasteiger partial charge in [0.1, 0.15) is 6.61 Å². The van der Waals surface area contributed by atoms with Crippen LogP contribution in [0.2, 0.25) is 0 Å². The van der Waals surface area contributed by atoms with E-state index in [-0.39, 0.29) is 5.91 Å². The Hall–Kier alpha value is -2.92. The lowest BCUT2D eigenvalue weighted by Gasteiger charge is -2.18. The van der Waals surface area contributed by atoms with Gasteiger partial charge in [-0.15, -0.1) is 0 Å². The van der Waals surface area contributed by atoms with Gasteiger partial charge >= 0.3 is 0 Å². The highest BCUT2D eigenvalue weighted by atomic mass is 16.5. The lowest BCUT2D eigenvalue weighted by Crippen LogP contribution is -2.28. The number of amides is 1. The summed E-state index contributed by atoms with van der Waals surface area (Å²) in [5, 5.41) is 3.89. The van der Waals surface area contributed by atoms with Crippen LogP contribution in [0, 0.1) is 13.8 Å². The molecule has 2 aromatic carbocycles. The van der Waals surface area contributed by atoms with Crippen LogP contribution in [0.15, 0.2) is 48.5 Å². The van der Waals surface area contributed by atoms with E-state index in [1.54, 1.807) is 6.07 Å². The Balaban J connectivity index is 1.88. The van der Waals surface area contributed by atoms with Gasteiger partial charge in [0.25, 0.3) is 5.91 Å². The molecule has 0 spiro atoms. The molecule has 5 heteroatoms. The highest BCUT2D eigenvalue weighted by Crippen LogP contribution is 2.25. The molecule has 5 nitrogen and oxygen atoms in total. The Morgan fingerprint density at radius 2 is 1.72 bits per heavy atom. The fourth-order valence-corrected chi connectivity index (χ4v) is 3.42. The van der Waals surface area contributed by atoms with Crippen molar-refractivity contribution in [2.75, 3.05) is 31.6 Å². The van der Waals surface area contributed by atoms with Gasteiger partial charge in [-0.3, -0.25) is 4.79 Å². The number of rotatable bonds is 8. The predicted octanol–water partition coefficient (Wildman–Crippen LogP) is 4.82. The summed E-state index contributed by atoms with van der Waals surface area (Å²) in [6, 6.07) is 15.4.